The lowest BCUT2D eigenvalue weighted by Gasteiger charge is -2.05. The Morgan fingerprint density at radius 1 is 1.80 bits per heavy atom. The molecule has 10 heavy (non-hydrogen) atoms. The summed E-state index contributed by atoms with van der Waals surface area (Å²) in [6.07, 6.45) is 2.56. The van der Waals surface area contributed by atoms with Gasteiger partial charge in [-0.15, -0.1) is 0 Å². The van der Waals surface area contributed by atoms with Gasteiger partial charge in [-0.05, 0) is 14.0 Å². The third kappa shape index (κ3) is 1.84. The molecule has 0 saturated carbocycles. The first-order valence-electron chi connectivity index (χ1n) is 3.39. The van der Waals surface area contributed by atoms with Crippen molar-refractivity contribution in [3.8, 4) is 0 Å². The summed E-state index contributed by atoms with van der Waals surface area (Å²) in [6.45, 7) is 2.10. The Labute approximate surface area is 60.4 Å². The molecule has 1 N–H and O–H groups in total. The predicted molar refractivity (Wildman–Crippen MR) is 38.7 cm³/mol. The second-order valence-corrected chi connectivity index (χ2v) is 2.37. The van der Waals surface area contributed by atoms with Gasteiger partial charge in [0, 0.05) is 18.5 Å². The number of nitrogens with zero attached hydrogens (tertiary/aromatic N) is 1. The van der Waals surface area contributed by atoms with Crippen molar-refractivity contribution in [2.75, 3.05) is 7.05 Å². The minimum atomic E-state index is 0.452. The van der Waals surface area contributed by atoms with E-state index < -0.39 is 0 Å². The molecule has 0 aliphatic carbocycles. The third-order valence-electron chi connectivity index (χ3n) is 1.49. The van der Waals surface area contributed by atoms with Crippen molar-refractivity contribution in [3.63, 3.8) is 0 Å². The molecule has 0 fully saturated rings. The van der Waals surface area contributed by atoms with Crippen LogP contribution in [0.25, 0.3) is 0 Å². The molecule has 56 valence electrons. The lowest BCUT2D eigenvalue weighted by atomic mass is 10.2. The van der Waals surface area contributed by atoms with E-state index in [4.69, 9.17) is 4.52 Å². The van der Waals surface area contributed by atoms with E-state index in [0.29, 0.717) is 6.04 Å². The summed E-state index contributed by atoms with van der Waals surface area (Å²) in [7, 11) is 1.93. The zero-order valence-corrected chi connectivity index (χ0v) is 6.29. The Morgan fingerprint density at radius 2 is 2.60 bits per heavy atom. The first-order valence-corrected chi connectivity index (χ1v) is 3.39. The standard InChI is InChI=1S/C7H12N2O/c1-6(8-2)5-7-3-4-9-10-7/h3-4,6,8H,5H2,1-2H3. The van der Waals surface area contributed by atoms with E-state index in [0.717, 1.165) is 12.2 Å². The number of hydrogen-bond acceptors (Lipinski definition) is 3. The van der Waals surface area contributed by atoms with Gasteiger partial charge in [0.05, 0.1) is 6.20 Å². The molecule has 1 heterocycles. The zero-order chi connectivity index (χ0) is 7.40. The van der Waals surface area contributed by atoms with Gasteiger partial charge in [-0.2, -0.15) is 0 Å². The molecule has 0 bridgehead atoms. The smallest absolute Gasteiger partial charge is 0.138 e. The summed E-state index contributed by atoms with van der Waals surface area (Å²) < 4.78 is 4.92. The molecule has 0 aliphatic rings. The summed E-state index contributed by atoms with van der Waals surface area (Å²) in [4.78, 5) is 0. The van der Waals surface area contributed by atoms with E-state index in [1.807, 2.05) is 13.1 Å². The molecule has 1 unspecified atom stereocenters. The van der Waals surface area contributed by atoms with Crippen molar-refractivity contribution in [2.24, 2.45) is 0 Å². The normalized spacial score (nSPS) is 13.4. The molecule has 1 rings (SSSR count). The fraction of sp³-hybridized carbons (Fsp3) is 0.571. The largest absolute Gasteiger partial charge is 0.361 e. The Morgan fingerprint density at radius 3 is 3.10 bits per heavy atom. The van der Waals surface area contributed by atoms with Crippen molar-refractivity contribution >= 4 is 0 Å². The Balaban J connectivity index is 2.40. The van der Waals surface area contributed by atoms with E-state index in [-0.39, 0.29) is 0 Å². The van der Waals surface area contributed by atoms with E-state index in [1.54, 1.807) is 6.20 Å². The SMILES string of the molecule is CNC(C)Cc1ccno1. The van der Waals surface area contributed by atoms with Crippen LogP contribution >= 0.6 is 0 Å². The average molecular weight is 140 g/mol. The summed E-state index contributed by atoms with van der Waals surface area (Å²) in [5.41, 5.74) is 0. The summed E-state index contributed by atoms with van der Waals surface area (Å²) >= 11 is 0. The predicted octanol–water partition coefficient (Wildman–Crippen LogP) is 0.825. The van der Waals surface area contributed by atoms with Gasteiger partial charge in [0.25, 0.3) is 0 Å². The number of likely N-dealkylation sites (N-methyl/N-ethyl adjacent to an activating group) is 1. The average Bonchev–Trinajstić information content (AvgIpc) is 2.40. The molecule has 3 heteroatoms. The van der Waals surface area contributed by atoms with Crippen LogP contribution < -0.4 is 5.32 Å². The molecule has 0 aromatic carbocycles. The van der Waals surface area contributed by atoms with Crippen LogP contribution in [0.5, 0.6) is 0 Å². The highest BCUT2D eigenvalue weighted by molar-refractivity contribution is 4.94. The van der Waals surface area contributed by atoms with Crippen LogP contribution in [0.15, 0.2) is 16.8 Å². The minimum Gasteiger partial charge on any atom is -0.361 e. The lowest BCUT2D eigenvalue weighted by Crippen LogP contribution is -2.23. The van der Waals surface area contributed by atoms with Crippen LogP contribution in [-0.2, 0) is 6.42 Å². The molecule has 3 nitrogen and oxygen atoms in total. The van der Waals surface area contributed by atoms with Gasteiger partial charge in [-0.3, -0.25) is 0 Å². The van der Waals surface area contributed by atoms with Crippen LogP contribution in [0, 0.1) is 0 Å². The summed E-state index contributed by atoms with van der Waals surface area (Å²) in [5, 5.41) is 6.72. The first kappa shape index (κ1) is 7.28. The second kappa shape index (κ2) is 3.37. The molecule has 0 aliphatic heterocycles. The maximum absolute atomic E-state index is 4.92. The number of rotatable bonds is 3. The highest BCUT2D eigenvalue weighted by Gasteiger charge is 2.02. The van der Waals surface area contributed by atoms with E-state index in [1.165, 1.54) is 0 Å². The quantitative estimate of drug-likeness (QED) is 0.675. The fourth-order valence-corrected chi connectivity index (χ4v) is 0.751. The summed E-state index contributed by atoms with van der Waals surface area (Å²) in [6, 6.07) is 2.33. The van der Waals surface area contributed by atoms with Gasteiger partial charge >= 0.3 is 0 Å². The van der Waals surface area contributed by atoms with Gasteiger partial charge in [0.15, 0.2) is 0 Å². The molecule has 1 aromatic rings. The van der Waals surface area contributed by atoms with Crippen LogP contribution in [-0.4, -0.2) is 18.2 Å². The summed E-state index contributed by atoms with van der Waals surface area (Å²) in [5.74, 6) is 0.932. The molecular formula is C7H12N2O. The van der Waals surface area contributed by atoms with Crippen LogP contribution in [0.1, 0.15) is 12.7 Å². The van der Waals surface area contributed by atoms with E-state index in [2.05, 4.69) is 17.4 Å². The molecule has 1 atom stereocenters. The number of aromatic nitrogens is 1. The van der Waals surface area contributed by atoms with Crippen LogP contribution in [0.4, 0.5) is 0 Å². The second-order valence-electron chi connectivity index (χ2n) is 2.37. The Hall–Kier alpha value is -0.830. The molecule has 0 spiro atoms. The zero-order valence-electron chi connectivity index (χ0n) is 6.29. The molecule has 0 saturated heterocycles. The highest BCUT2D eigenvalue weighted by Crippen LogP contribution is 2.00. The van der Waals surface area contributed by atoms with Gasteiger partial charge in [-0.1, -0.05) is 5.16 Å². The van der Waals surface area contributed by atoms with Gasteiger partial charge in [-0.25, -0.2) is 0 Å². The van der Waals surface area contributed by atoms with Crippen molar-refractivity contribution in [1.29, 1.82) is 0 Å². The first-order chi connectivity index (χ1) is 4.83. The molecule has 0 amide bonds. The van der Waals surface area contributed by atoms with Crippen molar-refractivity contribution < 1.29 is 4.52 Å². The van der Waals surface area contributed by atoms with Gasteiger partial charge in [0.2, 0.25) is 0 Å². The van der Waals surface area contributed by atoms with E-state index in [9.17, 15) is 0 Å². The Kier molecular flexibility index (Phi) is 2.45. The third-order valence-corrected chi connectivity index (χ3v) is 1.49. The monoisotopic (exact) mass is 140 g/mol. The maximum Gasteiger partial charge on any atom is 0.138 e. The molecular weight excluding hydrogens is 128 g/mol. The van der Waals surface area contributed by atoms with Crippen molar-refractivity contribution in [2.45, 2.75) is 19.4 Å². The van der Waals surface area contributed by atoms with Crippen LogP contribution in [0.2, 0.25) is 0 Å². The number of hydrogen-bond donors (Lipinski definition) is 1. The van der Waals surface area contributed by atoms with Gasteiger partial charge in [0.1, 0.15) is 5.76 Å². The van der Waals surface area contributed by atoms with Crippen molar-refractivity contribution in [3.05, 3.63) is 18.0 Å². The highest BCUT2D eigenvalue weighted by atomic mass is 16.5. The van der Waals surface area contributed by atoms with E-state index >= 15 is 0 Å². The Bertz CT molecular complexity index is 172. The van der Waals surface area contributed by atoms with Crippen molar-refractivity contribution in [1.82, 2.24) is 10.5 Å². The fourth-order valence-electron chi connectivity index (χ4n) is 0.751. The topological polar surface area (TPSA) is 38.1 Å². The van der Waals surface area contributed by atoms with Gasteiger partial charge < -0.3 is 9.84 Å². The van der Waals surface area contributed by atoms with Crippen LogP contribution in [0.3, 0.4) is 0 Å². The number of nitrogens with one attached hydrogen (secondary N) is 1. The maximum atomic E-state index is 4.92. The molecule has 1 aromatic heterocycles. The minimum absolute atomic E-state index is 0.452. The molecule has 0 radical (unpaired) electrons. The lowest BCUT2D eigenvalue weighted by molar-refractivity contribution is 0.370.